The van der Waals surface area contributed by atoms with Crippen molar-refractivity contribution >= 4 is 5.91 Å². The van der Waals surface area contributed by atoms with E-state index in [0.717, 1.165) is 49.8 Å². The summed E-state index contributed by atoms with van der Waals surface area (Å²) < 4.78 is 4.35. The molecule has 0 radical (unpaired) electrons. The molecule has 150 valence electrons. The third kappa shape index (κ3) is 3.16. The Morgan fingerprint density at radius 2 is 1.96 bits per heavy atom. The highest BCUT2D eigenvalue weighted by molar-refractivity contribution is 5.79. The normalized spacial score (nSPS) is 20.4. The van der Waals surface area contributed by atoms with Crippen LogP contribution in [-0.4, -0.2) is 36.7 Å². The van der Waals surface area contributed by atoms with E-state index in [1.54, 1.807) is 0 Å². The zero-order valence-corrected chi connectivity index (χ0v) is 17.2. The highest BCUT2D eigenvalue weighted by Gasteiger charge is 2.33. The van der Waals surface area contributed by atoms with Gasteiger partial charge in [-0.2, -0.15) is 5.10 Å². The number of fused-ring (bicyclic) bond motifs is 1. The lowest BCUT2D eigenvalue weighted by Gasteiger charge is -2.32. The summed E-state index contributed by atoms with van der Waals surface area (Å²) in [6.07, 6.45) is 11.3. The number of amides is 1. The van der Waals surface area contributed by atoms with Gasteiger partial charge in [-0.1, -0.05) is 19.3 Å². The zero-order valence-electron chi connectivity index (χ0n) is 17.2. The predicted octanol–water partition coefficient (Wildman–Crippen LogP) is 3.47. The number of carbonyl (C=O) groups excluding carboxylic acids is 1. The first-order valence-electron chi connectivity index (χ1n) is 11.0. The first-order chi connectivity index (χ1) is 13.6. The molecule has 2 fully saturated rings. The Balaban J connectivity index is 1.45. The van der Waals surface area contributed by atoms with Gasteiger partial charge in [0.1, 0.15) is 5.69 Å². The van der Waals surface area contributed by atoms with E-state index in [0.29, 0.717) is 12.5 Å². The molecule has 0 unspecified atom stereocenters. The van der Waals surface area contributed by atoms with Gasteiger partial charge in [-0.05, 0) is 38.5 Å². The van der Waals surface area contributed by atoms with E-state index in [1.165, 1.54) is 49.1 Å². The van der Waals surface area contributed by atoms with Crippen LogP contribution in [0.5, 0.6) is 0 Å². The van der Waals surface area contributed by atoms with Crippen LogP contribution < -0.4 is 0 Å². The molecule has 5 rings (SSSR count). The van der Waals surface area contributed by atoms with Crippen LogP contribution >= 0.6 is 0 Å². The van der Waals surface area contributed by atoms with Crippen LogP contribution in [0.25, 0.3) is 11.5 Å². The van der Waals surface area contributed by atoms with Crippen molar-refractivity contribution in [3.8, 4) is 11.5 Å². The lowest BCUT2D eigenvalue weighted by molar-refractivity contribution is -0.137. The highest BCUT2D eigenvalue weighted by Crippen LogP contribution is 2.35. The lowest BCUT2D eigenvalue weighted by Crippen LogP contribution is -2.40. The summed E-state index contributed by atoms with van der Waals surface area (Å²) in [6.45, 7) is 4.67. The molecule has 0 aromatic carbocycles. The van der Waals surface area contributed by atoms with Gasteiger partial charge in [0, 0.05) is 62.2 Å². The summed E-state index contributed by atoms with van der Waals surface area (Å²) in [5.41, 5.74) is 4.65. The molecule has 2 aromatic rings. The molecule has 2 saturated carbocycles. The average molecular weight is 382 g/mol. The Morgan fingerprint density at radius 3 is 2.71 bits per heavy atom. The fourth-order valence-corrected chi connectivity index (χ4v) is 5.01. The quantitative estimate of drug-likeness (QED) is 0.815. The fourth-order valence-electron chi connectivity index (χ4n) is 5.01. The number of rotatable bonds is 4. The van der Waals surface area contributed by atoms with Crippen molar-refractivity contribution in [3.05, 3.63) is 23.1 Å². The van der Waals surface area contributed by atoms with Crippen LogP contribution in [0, 0.1) is 18.8 Å². The van der Waals surface area contributed by atoms with Crippen molar-refractivity contribution in [3.63, 3.8) is 0 Å². The number of carbonyl (C=O) groups is 1. The van der Waals surface area contributed by atoms with Gasteiger partial charge >= 0.3 is 0 Å². The van der Waals surface area contributed by atoms with Gasteiger partial charge in [0.15, 0.2) is 5.82 Å². The van der Waals surface area contributed by atoms with Crippen molar-refractivity contribution in [2.75, 3.05) is 6.54 Å². The molecule has 0 bridgehead atoms. The second-order valence-corrected chi connectivity index (χ2v) is 9.02. The highest BCUT2D eigenvalue weighted by atomic mass is 16.2. The van der Waals surface area contributed by atoms with Gasteiger partial charge in [0.2, 0.25) is 5.91 Å². The van der Waals surface area contributed by atoms with Crippen LogP contribution in [0.15, 0.2) is 6.20 Å². The van der Waals surface area contributed by atoms with Crippen LogP contribution in [0.1, 0.15) is 61.9 Å². The van der Waals surface area contributed by atoms with Crippen LogP contribution in [0.3, 0.4) is 0 Å². The van der Waals surface area contributed by atoms with Gasteiger partial charge in [-0.15, -0.1) is 0 Å². The lowest BCUT2D eigenvalue weighted by atomic mass is 9.87. The van der Waals surface area contributed by atoms with Crippen molar-refractivity contribution < 1.29 is 4.79 Å². The van der Waals surface area contributed by atoms with Crippen molar-refractivity contribution in [1.29, 1.82) is 0 Å². The molecule has 0 atom stereocenters. The summed E-state index contributed by atoms with van der Waals surface area (Å²) in [7, 11) is 2.03. The topological polar surface area (TPSA) is 56.0 Å². The second kappa shape index (κ2) is 7.05. The van der Waals surface area contributed by atoms with E-state index in [1.807, 2.05) is 17.9 Å². The number of aromatic nitrogens is 4. The Hall–Kier alpha value is -2.11. The molecular formula is C22H31N5O. The van der Waals surface area contributed by atoms with E-state index in [9.17, 15) is 4.79 Å². The molecule has 3 aliphatic rings. The number of hydrogen-bond donors (Lipinski definition) is 0. The first kappa shape index (κ1) is 18.0. The predicted molar refractivity (Wildman–Crippen MR) is 108 cm³/mol. The zero-order chi connectivity index (χ0) is 19.3. The molecule has 2 aromatic heterocycles. The third-order valence-corrected chi connectivity index (χ3v) is 6.91. The minimum atomic E-state index is 0.231. The first-order valence-corrected chi connectivity index (χ1v) is 11.0. The fraction of sp³-hybridized carbons (Fsp3) is 0.682. The van der Waals surface area contributed by atoms with Crippen molar-refractivity contribution in [2.45, 2.75) is 71.4 Å². The second-order valence-electron chi connectivity index (χ2n) is 9.02. The van der Waals surface area contributed by atoms with Gasteiger partial charge < -0.3 is 9.47 Å². The maximum Gasteiger partial charge on any atom is 0.225 e. The Bertz CT molecular complexity index is 885. The number of imidazole rings is 1. The molecule has 0 spiro atoms. The van der Waals surface area contributed by atoms with Gasteiger partial charge in [-0.3, -0.25) is 9.48 Å². The molecule has 1 amide bonds. The number of hydrogen-bond acceptors (Lipinski definition) is 3. The van der Waals surface area contributed by atoms with Gasteiger partial charge in [-0.25, -0.2) is 4.98 Å². The van der Waals surface area contributed by atoms with E-state index < -0.39 is 0 Å². The third-order valence-electron chi connectivity index (χ3n) is 6.91. The smallest absolute Gasteiger partial charge is 0.225 e. The molecule has 0 saturated heterocycles. The molecule has 6 heteroatoms. The molecule has 28 heavy (non-hydrogen) atoms. The van der Waals surface area contributed by atoms with Gasteiger partial charge in [0.25, 0.3) is 0 Å². The van der Waals surface area contributed by atoms with E-state index in [2.05, 4.69) is 16.4 Å². The standard InChI is InChI=1S/C22H31N5O/c1-15-12-23-21(27(15)13-16-8-9-16)20-18-14-26(11-10-19(18)25(2)24-20)22(28)17-6-4-3-5-7-17/h12,16-17H,3-11,13-14H2,1-2H3. The molecule has 6 nitrogen and oxygen atoms in total. The molecule has 3 heterocycles. The van der Waals surface area contributed by atoms with Crippen molar-refractivity contribution in [2.24, 2.45) is 18.9 Å². The Kier molecular flexibility index (Phi) is 4.52. The Morgan fingerprint density at radius 1 is 1.18 bits per heavy atom. The van der Waals surface area contributed by atoms with Crippen LogP contribution in [0.4, 0.5) is 0 Å². The average Bonchev–Trinajstić information content (AvgIpc) is 3.40. The Labute approximate surface area is 166 Å². The minimum absolute atomic E-state index is 0.231. The van der Waals surface area contributed by atoms with E-state index >= 15 is 0 Å². The van der Waals surface area contributed by atoms with Crippen LogP contribution in [-0.2, 0) is 31.4 Å². The molecule has 2 aliphatic carbocycles. The summed E-state index contributed by atoms with van der Waals surface area (Å²) in [6, 6.07) is 0. The maximum atomic E-state index is 13.1. The summed E-state index contributed by atoms with van der Waals surface area (Å²) in [4.78, 5) is 19.9. The van der Waals surface area contributed by atoms with E-state index in [-0.39, 0.29) is 5.92 Å². The molecule has 0 N–H and O–H groups in total. The maximum absolute atomic E-state index is 13.1. The summed E-state index contributed by atoms with van der Waals surface area (Å²) in [5.74, 6) is 2.36. The summed E-state index contributed by atoms with van der Waals surface area (Å²) >= 11 is 0. The molecule has 1 aliphatic heterocycles. The number of aryl methyl sites for hydroxylation is 2. The monoisotopic (exact) mass is 381 g/mol. The van der Waals surface area contributed by atoms with E-state index in [4.69, 9.17) is 10.1 Å². The molecular weight excluding hydrogens is 350 g/mol. The van der Waals surface area contributed by atoms with Gasteiger partial charge in [0.05, 0.1) is 0 Å². The number of nitrogens with zero attached hydrogens (tertiary/aromatic N) is 5. The minimum Gasteiger partial charge on any atom is -0.338 e. The SMILES string of the molecule is Cc1cnc(-c2nn(C)c3c2CN(C(=O)C2CCCCC2)CC3)n1CC1CC1. The van der Waals surface area contributed by atoms with Crippen molar-refractivity contribution in [1.82, 2.24) is 24.2 Å². The van der Waals surface area contributed by atoms with Crippen LogP contribution in [0.2, 0.25) is 0 Å². The summed E-state index contributed by atoms with van der Waals surface area (Å²) in [5, 5.41) is 4.87. The largest absolute Gasteiger partial charge is 0.338 e.